The van der Waals surface area contributed by atoms with E-state index in [9.17, 15) is 9.18 Å². The van der Waals surface area contributed by atoms with E-state index in [-0.39, 0.29) is 11.7 Å². The molecule has 1 aliphatic carbocycles. The fourth-order valence-corrected chi connectivity index (χ4v) is 2.00. The minimum atomic E-state index is -0.249. The Kier molecular flexibility index (Phi) is 3.81. The zero-order chi connectivity index (χ0) is 14.7. The summed E-state index contributed by atoms with van der Waals surface area (Å²) in [5.74, 6) is -0.361. The average molecular weight is 285 g/mol. The molecule has 4 nitrogen and oxygen atoms in total. The zero-order valence-corrected chi connectivity index (χ0v) is 11.5. The van der Waals surface area contributed by atoms with E-state index in [0.29, 0.717) is 29.4 Å². The summed E-state index contributed by atoms with van der Waals surface area (Å²) in [6.45, 7) is 0.349. The molecule has 1 aromatic carbocycles. The molecule has 3 rings (SSSR count). The van der Waals surface area contributed by atoms with Gasteiger partial charge in [-0.2, -0.15) is 0 Å². The van der Waals surface area contributed by atoms with Crippen molar-refractivity contribution < 1.29 is 9.18 Å². The predicted molar refractivity (Wildman–Crippen MR) is 78.5 cm³/mol. The average Bonchev–Trinajstić information content (AvgIpc) is 3.31. The van der Waals surface area contributed by atoms with Crippen molar-refractivity contribution in [2.24, 2.45) is 0 Å². The highest BCUT2D eigenvalue weighted by Crippen LogP contribution is 2.20. The lowest BCUT2D eigenvalue weighted by Gasteiger charge is -2.09. The van der Waals surface area contributed by atoms with Gasteiger partial charge in [0.25, 0.3) is 5.91 Å². The molecule has 1 amide bonds. The predicted octanol–water partition coefficient (Wildman–Crippen LogP) is 2.73. The van der Waals surface area contributed by atoms with Crippen molar-refractivity contribution in [3.8, 4) is 0 Å². The van der Waals surface area contributed by atoms with E-state index in [1.807, 2.05) is 0 Å². The first-order chi connectivity index (χ1) is 10.2. The van der Waals surface area contributed by atoms with Gasteiger partial charge in [-0.1, -0.05) is 18.2 Å². The Bertz CT molecular complexity index is 655. The number of benzene rings is 1. The summed E-state index contributed by atoms with van der Waals surface area (Å²) in [7, 11) is 0. The monoisotopic (exact) mass is 285 g/mol. The molecule has 1 heterocycles. The molecule has 108 valence electrons. The first-order valence-electron chi connectivity index (χ1n) is 6.95. The van der Waals surface area contributed by atoms with Crippen molar-refractivity contribution in [3.63, 3.8) is 0 Å². The molecule has 5 heteroatoms. The highest BCUT2D eigenvalue weighted by atomic mass is 19.1. The Hall–Kier alpha value is -2.43. The molecule has 2 N–H and O–H groups in total. The summed E-state index contributed by atoms with van der Waals surface area (Å²) in [6, 6.07) is 8.63. The number of amides is 1. The van der Waals surface area contributed by atoms with Crippen LogP contribution in [0.15, 0.2) is 42.7 Å². The highest BCUT2D eigenvalue weighted by molar-refractivity contribution is 5.95. The van der Waals surface area contributed by atoms with Crippen molar-refractivity contribution in [1.29, 1.82) is 0 Å². The summed E-state index contributed by atoms with van der Waals surface area (Å²) in [5.41, 5.74) is 1.78. The van der Waals surface area contributed by atoms with Crippen LogP contribution in [0, 0.1) is 5.82 Å². The number of anilines is 1. The molecule has 1 fully saturated rings. The second kappa shape index (κ2) is 5.91. The minimum Gasteiger partial charge on any atom is -0.380 e. The van der Waals surface area contributed by atoms with E-state index in [1.54, 1.807) is 30.5 Å². The fourth-order valence-electron chi connectivity index (χ4n) is 2.00. The fraction of sp³-hybridized carbons (Fsp3) is 0.250. The van der Waals surface area contributed by atoms with Crippen LogP contribution in [-0.4, -0.2) is 16.9 Å². The van der Waals surface area contributed by atoms with E-state index >= 15 is 0 Å². The molecule has 0 aliphatic heterocycles. The molecule has 2 aromatic rings. The van der Waals surface area contributed by atoms with Crippen molar-refractivity contribution in [2.75, 3.05) is 5.32 Å². The Morgan fingerprint density at radius 1 is 1.29 bits per heavy atom. The Labute approximate surface area is 122 Å². The van der Waals surface area contributed by atoms with Gasteiger partial charge in [0.1, 0.15) is 5.82 Å². The van der Waals surface area contributed by atoms with E-state index in [4.69, 9.17) is 0 Å². The maximum absolute atomic E-state index is 13.5. The SMILES string of the molecule is O=C(NC1CC1)c1cncc(NCc2ccccc2F)c1. The van der Waals surface area contributed by atoms with E-state index in [2.05, 4.69) is 15.6 Å². The number of halogens is 1. The van der Waals surface area contributed by atoms with Crippen LogP contribution in [0.5, 0.6) is 0 Å². The molecule has 0 atom stereocenters. The molecule has 1 aromatic heterocycles. The second-order valence-electron chi connectivity index (χ2n) is 5.15. The quantitative estimate of drug-likeness (QED) is 0.888. The van der Waals surface area contributed by atoms with E-state index in [1.165, 1.54) is 12.3 Å². The van der Waals surface area contributed by atoms with Crippen LogP contribution in [-0.2, 0) is 6.54 Å². The molecule has 0 radical (unpaired) electrons. The minimum absolute atomic E-state index is 0.112. The number of pyridine rings is 1. The standard InChI is InChI=1S/C16H16FN3O/c17-15-4-2-1-3-11(15)9-19-14-7-12(8-18-10-14)16(21)20-13-5-6-13/h1-4,7-8,10,13,19H,5-6,9H2,(H,20,21). The van der Waals surface area contributed by atoms with Crippen LogP contribution in [0.4, 0.5) is 10.1 Å². The number of carbonyl (C=O) groups is 1. The normalized spacial score (nSPS) is 13.8. The van der Waals surface area contributed by atoms with Crippen LogP contribution in [0.25, 0.3) is 0 Å². The molecule has 0 saturated heterocycles. The number of carbonyl (C=O) groups excluding carboxylic acids is 1. The van der Waals surface area contributed by atoms with Crippen LogP contribution in [0.1, 0.15) is 28.8 Å². The Morgan fingerprint density at radius 3 is 2.86 bits per heavy atom. The first-order valence-corrected chi connectivity index (χ1v) is 6.95. The lowest BCUT2D eigenvalue weighted by atomic mass is 10.2. The maximum atomic E-state index is 13.5. The Balaban J connectivity index is 1.65. The van der Waals surface area contributed by atoms with Gasteiger partial charge in [-0.25, -0.2) is 4.39 Å². The number of aromatic nitrogens is 1. The number of nitrogens with zero attached hydrogens (tertiary/aromatic N) is 1. The van der Waals surface area contributed by atoms with Gasteiger partial charge in [0.15, 0.2) is 0 Å². The lowest BCUT2D eigenvalue weighted by molar-refractivity contribution is 0.0950. The molecule has 0 spiro atoms. The van der Waals surface area contributed by atoms with Gasteiger partial charge in [0, 0.05) is 30.5 Å². The van der Waals surface area contributed by atoms with Crippen LogP contribution < -0.4 is 10.6 Å². The first kappa shape index (κ1) is 13.5. The van der Waals surface area contributed by atoms with Gasteiger partial charge in [0.05, 0.1) is 11.3 Å². The number of hydrogen-bond donors (Lipinski definition) is 2. The van der Waals surface area contributed by atoms with Crippen LogP contribution in [0.3, 0.4) is 0 Å². The Morgan fingerprint density at radius 2 is 2.10 bits per heavy atom. The van der Waals surface area contributed by atoms with E-state index < -0.39 is 0 Å². The third kappa shape index (κ3) is 3.56. The van der Waals surface area contributed by atoms with Gasteiger partial charge >= 0.3 is 0 Å². The summed E-state index contributed by atoms with van der Waals surface area (Å²) >= 11 is 0. The van der Waals surface area contributed by atoms with Gasteiger partial charge < -0.3 is 10.6 Å². The molecular weight excluding hydrogens is 269 g/mol. The van der Waals surface area contributed by atoms with Gasteiger partial charge in [-0.15, -0.1) is 0 Å². The van der Waals surface area contributed by atoms with Crippen molar-refractivity contribution in [1.82, 2.24) is 10.3 Å². The third-order valence-corrected chi connectivity index (χ3v) is 3.35. The molecule has 1 aliphatic rings. The molecule has 1 saturated carbocycles. The summed E-state index contributed by atoms with van der Waals surface area (Å²) in [5, 5.41) is 6.00. The number of nitrogens with one attached hydrogen (secondary N) is 2. The van der Waals surface area contributed by atoms with E-state index in [0.717, 1.165) is 12.8 Å². The summed E-state index contributed by atoms with van der Waals surface area (Å²) in [4.78, 5) is 16.0. The van der Waals surface area contributed by atoms with Gasteiger partial charge in [-0.3, -0.25) is 9.78 Å². The van der Waals surface area contributed by atoms with Crippen LogP contribution >= 0.6 is 0 Å². The van der Waals surface area contributed by atoms with Crippen molar-refractivity contribution >= 4 is 11.6 Å². The zero-order valence-electron chi connectivity index (χ0n) is 11.5. The van der Waals surface area contributed by atoms with Crippen molar-refractivity contribution in [3.05, 3.63) is 59.7 Å². The second-order valence-corrected chi connectivity index (χ2v) is 5.15. The topological polar surface area (TPSA) is 54.0 Å². The number of rotatable bonds is 5. The largest absolute Gasteiger partial charge is 0.380 e. The molecule has 0 bridgehead atoms. The van der Waals surface area contributed by atoms with Gasteiger partial charge in [-0.05, 0) is 25.0 Å². The van der Waals surface area contributed by atoms with Gasteiger partial charge in [0.2, 0.25) is 0 Å². The molecule has 21 heavy (non-hydrogen) atoms. The summed E-state index contributed by atoms with van der Waals surface area (Å²) < 4.78 is 13.5. The van der Waals surface area contributed by atoms with Crippen molar-refractivity contribution in [2.45, 2.75) is 25.4 Å². The highest BCUT2D eigenvalue weighted by Gasteiger charge is 2.23. The molecular formula is C16H16FN3O. The third-order valence-electron chi connectivity index (χ3n) is 3.35. The molecule has 0 unspecified atom stereocenters. The number of hydrogen-bond acceptors (Lipinski definition) is 3. The maximum Gasteiger partial charge on any atom is 0.253 e. The lowest BCUT2D eigenvalue weighted by Crippen LogP contribution is -2.25. The van der Waals surface area contributed by atoms with Crippen LogP contribution in [0.2, 0.25) is 0 Å². The smallest absolute Gasteiger partial charge is 0.253 e. The summed E-state index contributed by atoms with van der Waals surface area (Å²) in [6.07, 6.45) is 5.25.